The van der Waals surface area contributed by atoms with Crippen molar-refractivity contribution >= 4 is 0 Å². The molecule has 9 heavy (non-hydrogen) atoms. The molecule has 0 aromatic carbocycles. The molecule has 0 heterocycles. The van der Waals surface area contributed by atoms with Gasteiger partial charge in [0.05, 0.1) is 21.2 Å². The van der Waals surface area contributed by atoms with E-state index in [1.54, 1.807) is 7.11 Å². The van der Waals surface area contributed by atoms with Crippen LogP contribution >= 0.6 is 0 Å². The van der Waals surface area contributed by atoms with Crippen molar-refractivity contribution in [3.8, 4) is 0 Å². The Labute approximate surface area is 58.0 Å². The average molecular weight is 132 g/mol. The monoisotopic (exact) mass is 132 g/mol. The van der Waals surface area contributed by atoms with Crippen molar-refractivity contribution in [1.82, 2.24) is 0 Å². The minimum absolute atomic E-state index is 0.161. The zero-order valence-corrected chi connectivity index (χ0v) is 7.36. The van der Waals surface area contributed by atoms with Gasteiger partial charge in [-0.3, -0.25) is 0 Å². The third kappa shape index (κ3) is 1.95. The van der Waals surface area contributed by atoms with E-state index in [4.69, 9.17) is 4.84 Å². The summed E-state index contributed by atoms with van der Waals surface area (Å²) in [4.78, 5) is 5.24. The van der Waals surface area contributed by atoms with E-state index in [-0.39, 0.29) is 5.54 Å². The second kappa shape index (κ2) is 2.27. The van der Waals surface area contributed by atoms with E-state index in [1.807, 2.05) is 14.1 Å². The smallest absolute Gasteiger partial charge is 0.120 e. The summed E-state index contributed by atoms with van der Waals surface area (Å²) < 4.78 is 0.590. The van der Waals surface area contributed by atoms with Crippen molar-refractivity contribution in [3.63, 3.8) is 0 Å². The standard InChI is InChI=1S/C7H18NO/c1-7(2,3)8(4,5)9-6/h1-6H3/q+1. The first-order chi connectivity index (χ1) is 3.81. The predicted octanol–water partition coefficient (Wildman–Crippen LogP) is 1.42. The summed E-state index contributed by atoms with van der Waals surface area (Å²) in [6, 6.07) is 0. The molecule has 2 nitrogen and oxygen atoms in total. The fraction of sp³-hybridized carbons (Fsp3) is 1.00. The summed E-state index contributed by atoms with van der Waals surface area (Å²) >= 11 is 0. The van der Waals surface area contributed by atoms with Crippen LogP contribution in [0.5, 0.6) is 0 Å². The van der Waals surface area contributed by atoms with Gasteiger partial charge in [-0.25, -0.2) is 4.84 Å². The summed E-state index contributed by atoms with van der Waals surface area (Å²) in [5.74, 6) is 0. The molecule has 0 aromatic rings. The van der Waals surface area contributed by atoms with E-state index >= 15 is 0 Å². The zero-order valence-electron chi connectivity index (χ0n) is 7.36. The molecule has 0 radical (unpaired) electrons. The van der Waals surface area contributed by atoms with E-state index in [0.717, 1.165) is 0 Å². The maximum Gasteiger partial charge on any atom is 0.120 e. The average Bonchev–Trinajstić information content (AvgIpc) is 1.64. The highest BCUT2D eigenvalue weighted by molar-refractivity contribution is 4.55. The molecule has 0 saturated heterocycles. The molecule has 0 rings (SSSR count). The van der Waals surface area contributed by atoms with Crippen LogP contribution in [0.4, 0.5) is 0 Å². The molecule has 0 spiro atoms. The second-order valence-electron chi connectivity index (χ2n) is 3.70. The lowest BCUT2D eigenvalue weighted by atomic mass is 10.1. The Balaban J connectivity index is 4.14. The van der Waals surface area contributed by atoms with Gasteiger partial charge in [-0.05, 0) is 20.8 Å². The molecule has 56 valence electrons. The van der Waals surface area contributed by atoms with Gasteiger partial charge in [0.25, 0.3) is 0 Å². The number of hydrogen-bond donors (Lipinski definition) is 0. The lowest BCUT2D eigenvalue weighted by molar-refractivity contribution is -1.11. The molecule has 0 aliphatic heterocycles. The molecular weight excluding hydrogens is 114 g/mol. The summed E-state index contributed by atoms with van der Waals surface area (Å²) in [5.41, 5.74) is 0.161. The van der Waals surface area contributed by atoms with Crippen molar-refractivity contribution < 1.29 is 9.48 Å². The van der Waals surface area contributed by atoms with Crippen molar-refractivity contribution in [2.24, 2.45) is 0 Å². The summed E-state index contributed by atoms with van der Waals surface area (Å²) in [5, 5.41) is 0. The van der Waals surface area contributed by atoms with E-state index in [0.29, 0.717) is 4.65 Å². The van der Waals surface area contributed by atoms with E-state index < -0.39 is 0 Å². The third-order valence-electron chi connectivity index (χ3n) is 2.07. The van der Waals surface area contributed by atoms with Crippen LogP contribution in [-0.2, 0) is 4.84 Å². The molecule has 0 bridgehead atoms. The van der Waals surface area contributed by atoms with Crippen LogP contribution in [0.1, 0.15) is 20.8 Å². The van der Waals surface area contributed by atoms with Crippen molar-refractivity contribution in [2.75, 3.05) is 21.2 Å². The largest absolute Gasteiger partial charge is 0.206 e. The van der Waals surface area contributed by atoms with E-state index in [2.05, 4.69) is 20.8 Å². The number of quaternary nitrogens is 1. The molecule has 0 aromatic heterocycles. The summed E-state index contributed by atoms with van der Waals surface area (Å²) in [6.07, 6.45) is 0. The van der Waals surface area contributed by atoms with Crippen LogP contribution in [0.15, 0.2) is 0 Å². The van der Waals surface area contributed by atoms with Gasteiger partial charge in [-0.15, -0.1) is 0 Å². The second-order valence-corrected chi connectivity index (χ2v) is 3.70. The number of rotatable bonds is 1. The molecule has 2 heteroatoms. The maximum atomic E-state index is 5.24. The van der Waals surface area contributed by atoms with Gasteiger partial charge in [0, 0.05) is 0 Å². The van der Waals surface area contributed by atoms with Gasteiger partial charge in [-0.2, -0.15) is 4.65 Å². The minimum atomic E-state index is 0.161. The summed E-state index contributed by atoms with van der Waals surface area (Å²) in [7, 11) is 5.81. The maximum absolute atomic E-state index is 5.24. The first-order valence-corrected chi connectivity index (χ1v) is 3.21. The Kier molecular flexibility index (Phi) is 2.25. The van der Waals surface area contributed by atoms with Crippen LogP contribution in [0.3, 0.4) is 0 Å². The Bertz CT molecular complexity index is 91.6. The van der Waals surface area contributed by atoms with Gasteiger partial charge in [-0.1, -0.05) is 0 Å². The Morgan fingerprint density at radius 2 is 1.44 bits per heavy atom. The van der Waals surface area contributed by atoms with Crippen LogP contribution in [0, 0.1) is 0 Å². The Morgan fingerprint density at radius 1 is 1.11 bits per heavy atom. The molecule has 0 atom stereocenters. The van der Waals surface area contributed by atoms with E-state index in [1.165, 1.54) is 0 Å². The molecule has 0 N–H and O–H groups in total. The van der Waals surface area contributed by atoms with Crippen molar-refractivity contribution in [2.45, 2.75) is 26.3 Å². The molecule has 0 aliphatic carbocycles. The fourth-order valence-corrected chi connectivity index (χ4v) is 0.274. The quantitative estimate of drug-likeness (QED) is 0.387. The van der Waals surface area contributed by atoms with Crippen LogP contribution in [0.25, 0.3) is 0 Å². The van der Waals surface area contributed by atoms with Crippen LogP contribution in [-0.4, -0.2) is 31.4 Å². The molecule has 0 unspecified atom stereocenters. The SMILES string of the molecule is CO[N+](C)(C)C(C)(C)C. The molecule has 0 fully saturated rings. The fourth-order valence-electron chi connectivity index (χ4n) is 0.274. The van der Waals surface area contributed by atoms with Crippen molar-refractivity contribution in [3.05, 3.63) is 0 Å². The van der Waals surface area contributed by atoms with Gasteiger partial charge in [0.2, 0.25) is 0 Å². The molecular formula is C7H18NO+. The highest BCUT2D eigenvalue weighted by atomic mass is 16.7. The molecule has 0 aliphatic rings. The minimum Gasteiger partial charge on any atom is -0.206 e. The first kappa shape index (κ1) is 8.92. The van der Waals surface area contributed by atoms with Gasteiger partial charge >= 0.3 is 0 Å². The number of nitrogens with zero attached hydrogens (tertiary/aromatic N) is 1. The predicted molar refractivity (Wildman–Crippen MR) is 38.9 cm³/mol. The Hall–Kier alpha value is -0.0800. The lowest BCUT2D eigenvalue weighted by Gasteiger charge is -2.37. The Morgan fingerprint density at radius 3 is 1.44 bits per heavy atom. The number of hydrogen-bond acceptors (Lipinski definition) is 1. The first-order valence-electron chi connectivity index (χ1n) is 3.21. The highest BCUT2D eigenvalue weighted by Crippen LogP contribution is 2.17. The van der Waals surface area contributed by atoms with Crippen molar-refractivity contribution in [1.29, 1.82) is 0 Å². The van der Waals surface area contributed by atoms with Crippen LogP contribution in [0.2, 0.25) is 0 Å². The summed E-state index contributed by atoms with van der Waals surface area (Å²) in [6.45, 7) is 6.45. The zero-order chi connectivity index (χ0) is 7.71. The number of hydroxylamine groups is 3. The molecule has 0 saturated carbocycles. The van der Waals surface area contributed by atoms with Gasteiger partial charge in [0.15, 0.2) is 0 Å². The van der Waals surface area contributed by atoms with Gasteiger partial charge in [0.1, 0.15) is 5.54 Å². The lowest BCUT2D eigenvalue weighted by Crippen LogP contribution is -2.53. The third-order valence-corrected chi connectivity index (χ3v) is 2.07. The van der Waals surface area contributed by atoms with Gasteiger partial charge < -0.3 is 0 Å². The normalized spacial score (nSPS) is 14.0. The highest BCUT2D eigenvalue weighted by Gasteiger charge is 2.32. The van der Waals surface area contributed by atoms with E-state index in [9.17, 15) is 0 Å². The molecule has 0 amide bonds. The topological polar surface area (TPSA) is 9.23 Å². The van der Waals surface area contributed by atoms with Crippen LogP contribution < -0.4 is 0 Å².